The van der Waals surface area contributed by atoms with Crippen molar-refractivity contribution in [2.75, 3.05) is 0 Å². The van der Waals surface area contributed by atoms with Crippen LogP contribution in [0.5, 0.6) is 0 Å². The zero-order chi connectivity index (χ0) is 19.9. The fourth-order valence-electron chi connectivity index (χ4n) is 6.26. The zero-order valence-corrected chi connectivity index (χ0v) is 17.3. The lowest BCUT2D eigenvalue weighted by Gasteiger charge is -2.55. The Morgan fingerprint density at radius 1 is 0.964 bits per heavy atom. The van der Waals surface area contributed by atoms with Crippen LogP contribution >= 0.6 is 0 Å². The maximum absolute atomic E-state index is 13.4. The number of carbonyl (C=O) groups excluding carboxylic acids is 2. The molecule has 1 aromatic rings. The van der Waals surface area contributed by atoms with Crippen LogP contribution in [0, 0.1) is 29.1 Å². The molecule has 1 heterocycles. The first-order valence-electron chi connectivity index (χ1n) is 10.9. The predicted molar refractivity (Wildman–Crippen MR) is 108 cm³/mol. The summed E-state index contributed by atoms with van der Waals surface area (Å²) in [5.74, 6) is 2.22. The molecule has 152 valence electrons. The molecule has 2 amide bonds. The van der Waals surface area contributed by atoms with E-state index in [2.05, 4.69) is 15.6 Å². The molecule has 4 saturated carbocycles. The highest BCUT2D eigenvalue weighted by molar-refractivity contribution is 5.90. The topological polar surface area (TPSA) is 71.1 Å². The quantitative estimate of drug-likeness (QED) is 0.788. The summed E-state index contributed by atoms with van der Waals surface area (Å²) in [5, 5.41) is 6.24. The number of hydrogen-bond donors (Lipinski definition) is 2. The lowest BCUT2D eigenvalue weighted by atomic mass is 9.49. The first kappa shape index (κ1) is 19.4. The van der Waals surface area contributed by atoms with Gasteiger partial charge in [0.15, 0.2) is 0 Å². The zero-order valence-electron chi connectivity index (χ0n) is 17.3. The molecule has 4 bridgehead atoms. The van der Waals surface area contributed by atoms with Crippen LogP contribution in [0.25, 0.3) is 0 Å². The molecule has 5 nitrogen and oxygen atoms in total. The molecule has 2 atom stereocenters. The average molecular weight is 384 g/mol. The average Bonchev–Trinajstić information content (AvgIpc) is 2.65. The molecule has 0 aromatic carbocycles. The van der Waals surface area contributed by atoms with E-state index >= 15 is 0 Å². The highest BCUT2D eigenvalue weighted by Crippen LogP contribution is 2.60. The SMILES string of the molecule is CC(NC(=O)C(NC(=O)C12CC3CC(CC(C3)C1)C2)C(C)C)c1ccncc1. The van der Waals surface area contributed by atoms with E-state index in [1.807, 2.05) is 32.9 Å². The van der Waals surface area contributed by atoms with E-state index in [-0.39, 0.29) is 29.2 Å². The molecule has 4 fully saturated rings. The monoisotopic (exact) mass is 383 g/mol. The lowest BCUT2D eigenvalue weighted by molar-refractivity contribution is -0.149. The van der Waals surface area contributed by atoms with Crippen LogP contribution < -0.4 is 10.6 Å². The van der Waals surface area contributed by atoms with Gasteiger partial charge in [-0.25, -0.2) is 0 Å². The number of nitrogens with one attached hydrogen (secondary N) is 2. The summed E-state index contributed by atoms with van der Waals surface area (Å²) in [4.78, 5) is 30.4. The summed E-state index contributed by atoms with van der Waals surface area (Å²) in [5.41, 5.74) is 0.789. The fraction of sp³-hybridized carbons (Fsp3) is 0.696. The molecule has 0 saturated heterocycles. The van der Waals surface area contributed by atoms with Gasteiger partial charge >= 0.3 is 0 Å². The molecule has 5 rings (SSSR count). The Bertz CT molecular complexity index is 695. The Kier molecular flexibility index (Phi) is 5.19. The van der Waals surface area contributed by atoms with Crippen molar-refractivity contribution in [3.8, 4) is 0 Å². The number of aromatic nitrogens is 1. The summed E-state index contributed by atoms with van der Waals surface area (Å²) in [6, 6.07) is 3.20. The van der Waals surface area contributed by atoms with Crippen molar-refractivity contribution in [3.63, 3.8) is 0 Å². The molecule has 2 N–H and O–H groups in total. The summed E-state index contributed by atoms with van der Waals surface area (Å²) in [7, 11) is 0. The minimum Gasteiger partial charge on any atom is -0.348 e. The van der Waals surface area contributed by atoms with Crippen molar-refractivity contribution in [1.82, 2.24) is 15.6 Å². The van der Waals surface area contributed by atoms with E-state index in [0.29, 0.717) is 0 Å². The van der Waals surface area contributed by atoms with Crippen LogP contribution in [0.4, 0.5) is 0 Å². The lowest BCUT2D eigenvalue weighted by Crippen LogP contribution is -2.58. The number of pyridine rings is 1. The van der Waals surface area contributed by atoms with Crippen molar-refractivity contribution >= 4 is 11.8 Å². The van der Waals surface area contributed by atoms with E-state index in [4.69, 9.17) is 0 Å². The third-order valence-electron chi connectivity index (χ3n) is 7.32. The Morgan fingerprint density at radius 2 is 1.50 bits per heavy atom. The van der Waals surface area contributed by atoms with Crippen LogP contribution in [-0.2, 0) is 9.59 Å². The van der Waals surface area contributed by atoms with Crippen LogP contribution in [-0.4, -0.2) is 22.8 Å². The molecular weight excluding hydrogens is 350 g/mol. The second-order valence-electron chi connectivity index (χ2n) is 9.90. The number of nitrogens with zero attached hydrogens (tertiary/aromatic N) is 1. The van der Waals surface area contributed by atoms with Crippen LogP contribution in [0.1, 0.15) is 70.9 Å². The van der Waals surface area contributed by atoms with E-state index in [9.17, 15) is 9.59 Å². The summed E-state index contributed by atoms with van der Waals surface area (Å²) in [6.07, 6.45) is 10.4. The smallest absolute Gasteiger partial charge is 0.243 e. The normalized spacial score (nSPS) is 32.8. The number of carbonyl (C=O) groups is 2. The Hall–Kier alpha value is -1.91. The van der Waals surface area contributed by atoms with Crippen molar-refractivity contribution in [2.24, 2.45) is 29.1 Å². The first-order chi connectivity index (χ1) is 13.4. The van der Waals surface area contributed by atoms with Gasteiger partial charge in [-0.1, -0.05) is 13.8 Å². The molecule has 0 aliphatic heterocycles. The molecule has 28 heavy (non-hydrogen) atoms. The molecule has 4 aliphatic rings. The van der Waals surface area contributed by atoms with Crippen molar-refractivity contribution in [1.29, 1.82) is 0 Å². The second kappa shape index (κ2) is 7.49. The van der Waals surface area contributed by atoms with Gasteiger partial charge in [0.05, 0.1) is 6.04 Å². The van der Waals surface area contributed by atoms with Gasteiger partial charge < -0.3 is 10.6 Å². The molecule has 4 aliphatic carbocycles. The first-order valence-corrected chi connectivity index (χ1v) is 10.9. The predicted octanol–water partition coefficient (Wildman–Crippen LogP) is 3.62. The van der Waals surface area contributed by atoms with E-state index in [1.54, 1.807) is 12.4 Å². The summed E-state index contributed by atoms with van der Waals surface area (Å²) >= 11 is 0. The molecule has 1 aromatic heterocycles. The third kappa shape index (κ3) is 3.68. The van der Waals surface area contributed by atoms with Crippen LogP contribution in [0.2, 0.25) is 0 Å². The van der Waals surface area contributed by atoms with Gasteiger partial charge in [0.25, 0.3) is 0 Å². The van der Waals surface area contributed by atoms with Crippen molar-refractivity contribution in [2.45, 2.75) is 71.4 Å². The third-order valence-corrected chi connectivity index (χ3v) is 7.32. The van der Waals surface area contributed by atoms with E-state index in [0.717, 1.165) is 42.6 Å². The van der Waals surface area contributed by atoms with Crippen LogP contribution in [0.15, 0.2) is 24.5 Å². The number of amides is 2. The summed E-state index contributed by atoms with van der Waals surface area (Å²) < 4.78 is 0. The number of hydrogen-bond acceptors (Lipinski definition) is 3. The van der Waals surface area contributed by atoms with Gasteiger partial charge in [-0.2, -0.15) is 0 Å². The van der Waals surface area contributed by atoms with E-state index in [1.165, 1.54) is 19.3 Å². The van der Waals surface area contributed by atoms with Crippen LogP contribution in [0.3, 0.4) is 0 Å². The molecule has 0 radical (unpaired) electrons. The fourth-order valence-corrected chi connectivity index (χ4v) is 6.26. The Labute approximate surface area is 168 Å². The highest BCUT2D eigenvalue weighted by Gasteiger charge is 2.55. The van der Waals surface area contributed by atoms with Gasteiger partial charge in [-0.15, -0.1) is 0 Å². The van der Waals surface area contributed by atoms with Gasteiger partial charge in [-0.05, 0) is 86.8 Å². The van der Waals surface area contributed by atoms with Gasteiger partial charge in [-0.3, -0.25) is 14.6 Å². The van der Waals surface area contributed by atoms with Gasteiger partial charge in [0, 0.05) is 17.8 Å². The van der Waals surface area contributed by atoms with Crippen molar-refractivity contribution < 1.29 is 9.59 Å². The second-order valence-corrected chi connectivity index (χ2v) is 9.90. The summed E-state index contributed by atoms with van der Waals surface area (Å²) in [6.45, 7) is 5.97. The number of rotatable bonds is 6. The van der Waals surface area contributed by atoms with Gasteiger partial charge in [0.2, 0.25) is 11.8 Å². The highest BCUT2D eigenvalue weighted by atomic mass is 16.2. The molecule has 5 heteroatoms. The van der Waals surface area contributed by atoms with Gasteiger partial charge in [0.1, 0.15) is 6.04 Å². The molecule has 2 unspecified atom stereocenters. The Morgan fingerprint density at radius 3 is 2.00 bits per heavy atom. The molecule has 0 spiro atoms. The standard InChI is InChI=1S/C23H33N3O2/c1-14(2)20(21(27)25-15(3)19-4-6-24-7-5-19)26-22(28)23-11-16-8-17(12-23)10-18(9-16)13-23/h4-7,14-18,20H,8-13H2,1-3H3,(H,25,27)(H,26,28). The minimum absolute atomic E-state index is 0.0440. The molecular formula is C23H33N3O2. The Balaban J connectivity index is 1.43. The van der Waals surface area contributed by atoms with E-state index < -0.39 is 6.04 Å². The minimum atomic E-state index is -0.496. The maximum atomic E-state index is 13.4. The maximum Gasteiger partial charge on any atom is 0.243 e. The largest absolute Gasteiger partial charge is 0.348 e. The van der Waals surface area contributed by atoms with Crippen molar-refractivity contribution in [3.05, 3.63) is 30.1 Å².